The van der Waals surface area contributed by atoms with E-state index in [1.165, 1.54) is 7.11 Å². The molecule has 4 nitrogen and oxygen atoms in total. The lowest BCUT2D eigenvalue weighted by Gasteiger charge is -2.11. The number of hydrogen-bond acceptors (Lipinski definition) is 3. The molecule has 0 aliphatic rings. The quantitative estimate of drug-likeness (QED) is 0.852. The van der Waals surface area contributed by atoms with E-state index in [2.05, 4.69) is 4.98 Å². The highest BCUT2D eigenvalue weighted by Crippen LogP contribution is 2.33. The van der Waals surface area contributed by atoms with E-state index in [9.17, 15) is 13.6 Å². The second kappa shape index (κ2) is 5.37. The Hall–Kier alpha value is -0.990. The van der Waals surface area contributed by atoms with Gasteiger partial charge in [-0.25, -0.2) is 8.78 Å². The van der Waals surface area contributed by atoms with Crippen LogP contribution in [0.4, 0.5) is 8.78 Å². The van der Waals surface area contributed by atoms with E-state index in [0.29, 0.717) is 9.13 Å². The van der Waals surface area contributed by atoms with Crippen molar-refractivity contribution in [3.05, 3.63) is 21.0 Å². The Kier molecular flexibility index (Phi) is 4.39. The van der Waals surface area contributed by atoms with Crippen LogP contribution in [0.1, 0.15) is 17.7 Å². The topological polar surface area (TPSA) is 59.4 Å². The van der Waals surface area contributed by atoms with Gasteiger partial charge in [-0.3, -0.25) is 9.78 Å². The van der Waals surface area contributed by atoms with Crippen molar-refractivity contribution in [2.45, 2.75) is 12.8 Å². The summed E-state index contributed by atoms with van der Waals surface area (Å²) < 4.78 is 30.2. The number of carboxylic acid groups (broad SMARTS) is 1. The molecule has 7 heteroatoms. The summed E-state index contributed by atoms with van der Waals surface area (Å²) in [5, 5.41) is 8.61. The highest BCUT2D eigenvalue weighted by Gasteiger charge is 2.21. The monoisotopic (exact) mass is 343 g/mol. The van der Waals surface area contributed by atoms with Crippen LogP contribution in [-0.4, -0.2) is 23.2 Å². The molecule has 1 aromatic heterocycles. The van der Waals surface area contributed by atoms with Gasteiger partial charge in [0.25, 0.3) is 6.43 Å². The molecule has 0 aromatic carbocycles. The predicted octanol–water partition coefficient (Wildman–Crippen LogP) is 2.26. The number of pyridine rings is 1. The number of aromatic nitrogens is 1. The number of carbonyl (C=O) groups is 1. The minimum absolute atomic E-state index is 0.0608. The molecule has 0 atom stereocenters. The molecule has 0 amide bonds. The van der Waals surface area contributed by atoms with Crippen molar-refractivity contribution in [1.82, 2.24) is 4.98 Å². The molecule has 16 heavy (non-hydrogen) atoms. The zero-order chi connectivity index (χ0) is 12.3. The smallest absolute Gasteiger partial charge is 0.307 e. The largest absolute Gasteiger partial charge is 0.493 e. The lowest BCUT2D eigenvalue weighted by molar-refractivity contribution is -0.136. The fourth-order valence-electron chi connectivity index (χ4n) is 1.16. The number of halogens is 3. The molecule has 0 unspecified atom stereocenters. The highest BCUT2D eigenvalue weighted by atomic mass is 127. The molecule has 0 saturated carbocycles. The van der Waals surface area contributed by atoms with Gasteiger partial charge in [0.15, 0.2) is 5.75 Å². The fraction of sp³-hybridized carbons (Fsp3) is 0.333. The minimum Gasteiger partial charge on any atom is -0.493 e. The van der Waals surface area contributed by atoms with Crippen molar-refractivity contribution in [3.8, 4) is 5.75 Å². The van der Waals surface area contributed by atoms with E-state index in [1.54, 1.807) is 22.6 Å². The highest BCUT2D eigenvalue weighted by molar-refractivity contribution is 14.1. The maximum Gasteiger partial charge on any atom is 0.307 e. The van der Waals surface area contributed by atoms with Gasteiger partial charge >= 0.3 is 5.97 Å². The van der Waals surface area contributed by atoms with Gasteiger partial charge in [0.2, 0.25) is 0 Å². The van der Waals surface area contributed by atoms with Gasteiger partial charge in [-0.2, -0.15) is 0 Å². The van der Waals surface area contributed by atoms with Gasteiger partial charge in [0, 0.05) is 6.20 Å². The van der Waals surface area contributed by atoms with Crippen LogP contribution in [-0.2, 0) is 11.2 Å². The van der Waals surface area contributed by atoms with Gasteiger partial charge in [-0.05, 0) is 28.2 Å². The molecule has 0 bridgehead atoms. The molecule has 88 valence electrons. The van der Waals surface area contributed by atoms with Crippen molar-refractivity contribution >= 4 is 28.6 Å². The minimum atomic E-state index is -2.75. The number of nitrogens with zero attached hydrogens (tertiary/aromatic N) is 1. The summed E-state index contributed by atoms with van der Waals surface area (Å²) in [4.78, 5) is 14.0. The van der Waals surface area contributed by atoms with Crippen LogP contribution in [0, 0.1) is 3.57 Å². The summed E-state index contributed by atoms with van der Waals surface area (Å²) in [5.74, 6) is -1.11. The number of aliphatic carboxylic acids is 1. The molecular weight excluding hydrogens is 335 g/mol. The standard InChI is InChI=1S/C9H8F2INO3/c1-16-8-6(12)4(2-5(14)15)3-13-7(8)9(10)11/h3,9H,2H2,1H3,(H,14,15). The molecule has 0 aliphatic carbocycles. The van der Waals surface area contributed by atoms with Crippen molar-refractivity contribution in [2.75, 3.05) is 7.11 Å². The molecule has 1 aromatic rings. The Morgan fingerprint density at radius 3 is 2.75 bits per heavy atom. The van der Waals surface area contributed by atoms with E-state index in [4.69, 9.17) is 9.84 Å². The Morgan fingerprint density at radius 2 is 2.31 bits per heavy atom. The summed E-state index contributed by atoms with van der Waals surface area (Å²) in [6, 6.07) is 0. The van der Waals surface area contributed by atoms with Gasteiger partial charge in [0.1, 0.15) is 5.69 Å². The average molecular weight is 343 g/mol. The molecule has 0 spiro atoms. The van der Waals surface area contributed by atoms with Crippen molar-refractivity contribution in [2.24, 2.45) is 0 Å². The summed E-state index contributed by atoms with van der Waals surface area (Å²) in [7, 11) is 1.25. The first-order valence-electron chi connectivity index (χ1n) is 4.18. The van der Waals surface area contributed by atoms with E-state index in [1.807, 2.05) is 0 Å². The Morgan fingerprint density at radius 1 is 1.69 bits per heavy atom. The fourth-order valence-corrected chi connectivity index (χ4v) is 1.98. The molecular formula is C9H8F2INO3. The predicted molar refractivity (Wildman–Crippen MR) is 59.8 cm³/mol. The van der Waals surface area contributed by atoms with E-state index >= 15 is 0 Å². The maximum absolute atomic E-state index is 12.5. The molecule has 0 saturated heterocycles. The SMILES string of the molecule is COc1c(C(F)F)ncc(CC(=O)O)c1I. The van der Waals surface area contributed by atoms with Gasteiger partial charge in [-0.1, -0.05) is 0 Å². The van der Waals surface area contributed by atoms with Crippen LogP contribution in [0.2, 0.25) is 0 Å². The van der Waals surface area contributed by atoms with Crippen LogP contribution in [0.25, 0.3) is 0 Å². The second-order valence-electron chi connectivity index (χ2n) is 2.89. The van der Waals surface area contributed by atoms with Gasteiger partial charge in [0.05, 0.1) is 17.1 Å². The summed E-state index contributed by atoms with van der Waals surface area (Å²) in [6.07, 6.45) is -1.88. The third-order valence-electron chi connectivity index (χ3n) is 1.83. The van der Waals surface area contributed by atoms with Crippen LogP contribution in [0.5, 0.6) is 5.75 Å². The number of alkyl halides is 2. The summed E-state index contributed by atoms with van der Waals surface area (Å²) >= 11 is 1.77. The molecule has 1 heterocycles. The first kappa shape index (κ1) is 13.1. The lowest BCUT2D eigenvalue weighted by atomic mass is 10.2. The summed E-state index contributed by atoms with van der Waals surface area (Å²) in [6.45, 7) is 0. The third-order valence-corrected chi connectivity index (χ3v) is 3.01. The van der Waals surface area contributed by atoms with E-state index in [0.717, 1.165) is 6.20 Å². The van der Waals surface area contributed by atoms with Crippen molar-refractivity contribution < 1.29 is 23.4 Å². The lowest BCUT2D eigenvalue weighted by Crippen LogP contribution is -2.07. The Balaban J connectivity index is 3.23. The van der Waals surface area contributed by atoms with E-state index < -0.39 is 18.1 Å². The Bertz CT molecular complexity index is 412. The van der Waals surface area contributed by atoms with Gasteiger partial charge < -0.3 is 9.84 Å². The average Bonchev–Trinajstić information content (AvgIpc) is 2.19. The van der Waals surface area contributed by atoms with Crippen LogP contribution in [0.15, 0.2) is 6.20 Å². The first-order valence-corrected chi connectivity index (χ1v) is 5.26. The van der Waals surface area contributed by atoms with Crippen LogP contribution < -0.4 is 4.74 Å². The molecule has 1 N–H and O–H groups in total. The molecule has 1 rings (SSSR count). The maximum atomic E-state index is 12.5. The third kappa shape index (κ3) is 2.77. The van der Waals surface area contributed by atoms with Crippen molar-refractivity contribution in [1.29, 1.82) is 0 Å². The number of rotatable bonds is 4. The van der Waals surface area contributed by atoms with Crippen LogP contribution >= 0.6 is 22.6 Å². The number of carboxylic acids is 1. The number of methoxy groups -OCH3 is 1. The molecule has 0 radical (unpaired) electrons. The normalized spacial score (nSPS) is 10.6. The molecule has 0 aliphatic heterocycles. The zero-order valence-corrected chi connectivity index (χ0v) is 10.4. The molecule has 0 fully saturated rings. The first-order chi connectivity index (χ1) is 7.47. The number of ether oxygens (including phenoxy) is 1. The zero-order valence-electron chi connectivity index (χ0n) is 8.21. The number of hydrogen-bond donors (Lipinski definition) is 1. The Labute approximate surface area is 104 Å². The second-order valence-corrected chi connectivity index (χ2v) is 3.97. The van der Waals surface area contributed by atoms with Crippen molar-refractivity contribution in [3.63, 3.8) is 0 Å². The summed E-state index contributed by atoms with van der Waals surface area (Å²) in [5.41, 5.74) is -0.115. The van der Waals surface area contributed by atoms with Gasteiger partial charge in [-0.15, -0.1) is 0 Å². The van der Waals surface area contributed by atoms with E-state index in [-0.39, 0.29) is 12.2 Å². The van der Waals surface area contributed by atoms with Crippen LogP contribution in [0.3, 0.4) is 0 Å².